The van der Waals surface area contributed by atoms with Gasteiger partial charge in [-0.3, -0.25) is 0 Å². The highest BCUT2D eigenvalue weighted by atomic mass is 32.1. The minimum atomic E-state index is 0.478. The lowest BCUT2D eigenvalue weighted by Gasteiger charge is -2.15. The number of thiophene rings is 1. The predicted molar refractivity (Wildman–Crippen MR) is 86.9 cm³/mol. The molecule has 3 heteroatoms. The molecule has 1 aromatic heterocycles. The second-order valence-electron chi connectivity index (χ2n) is 4.96. The molecule has 2 rings (SSSR count). The van der Waals surface area contributed by atoms with Crippen molar-refractivity contribution in [3.8, 4) is 5.75 Å². The highest BCUT2D eigenvalue weighted by Crippen LogP contribution is 2.20. The SMILES string of the molecule is CCc1ccc(CC(Cc2ccc(OC)cc2)NC)s1. The quantitative estimate of drug-likeness (QED) is 0.839. The first-order chi connectivity index (χ1) is 9.75. The lowest BCUT2D eigenvalue weighted by atomic mass is 10.0. The first-order valence-corrected chi connectivity index (χ1v) is 7.94. The summed E-state index contributed by atoms with van der Waals surface area (Å²) in [5.41, 5.74) is 1.34. The summed E-state index contributed by atoms with van der Waals surface area (Å²) in [7, 11) is 3.75. The van der Waals surface area contributed by atoms with Gasteiger partial charge in [0.15, 0.2) is 0 Å². The zero-order chi connectivity index (χ0) is 14.4. The van der Waals surface area contributed by atoms with Gasteiger partial charge in [-0.25, -0.2) is 0 Å². The molecule has 2 aromatic rings. The summed E-state index contributed by atoms with van der Waals surface area (Å²) in [5.74, 6) is 0.917. The Hall–Kier alpha value is -1.32. The molecule has 1 aromatic carbocycles. The number of rotatable bonds is 7. The van der Waals surface area contributed by atoms with Crippen LogP contribution in [0.2, 0.25) is 0 Å². The highest BCUT2D eigenvalue weighted by molar-refractivity contribution is 7.11. The van der Waals surface area contributed by atoms with E-state index < -0.39 is 0 Å². The first kappa shape index (κ1) is 15.1. The molecule has 0 saturated carbocycles. The van der Waals surface area contributed by atoms with Crippen LogP contribution in [0, 0.1) is 0 Å². The maximum absolute atomic E-state index is 5.20. The summed E-state index contributed by atoms with van der Waals surface area (Å²) in [5, 5.41) is 3.43. The molecule has 1 atom stereocenters. The van der Waals surface area contributed by atoms with Crippen LogP contribution in [0.1, 0.15) is 22.2 Å². The largest absolute Gasteiger partial charge is 0.497 e. The second-order valence-corrected chi connectivity index (χ2v) is 6.22. The molecule has 1 N–H and O–H groups in total. The normalized spacial score (nSPS) is 12.3. The van der Waals surface area contributed by atoms with Crippen LogP contribution in [0.5, 0.6) is 5.75 Å². The van der Waals surface area contributed by atoms with Crippen LogP contribution in [0.15, 0.2) is 36.4 Å². The van der Waals surface area contributed by atoms with Crippen molar-refractivity contribution in [1.29, 1.82) is 0 Å². The number of likely N-dealkylation sites (N-methyl/N-ethyl adjacent to an activating group) is 1. The fourth-order valence-electron chi connectivity index (χ4n) is 2.29. The molecule has 108 valence electrons. The average molecular weight is 289 g/mol. The van der Waals surface area contributed by atoms with Crippen LogP contribution in [0.3, 0.4) is 0 Å². The molecule has 0 spiro atoms. The van der Waals surface area contributed by atoms with Crippen LogP contribution >= 0.6 is 11.3 Å². The second kappa shape index (κ2) is 7.46. The molecule has 0 fully saturated rings. The highest BCUT2D eigenvalue weighted by Gasteiger charge is 2.10. The van der Waals surface area contributed by atoms with E-state index in [0.29, 0.717) is 6.04 Å². The lowest BCUT2D eigenvalue weighted by Crippen LogP contribution is -2.29. The van der Waals surface area contributed by atoms with E-state index in [9.17, 15) is 0 Å². The maximum Gasteiger partial charge on any atom is 0.118 e. The van der Waals surface area contributed by atoms with Crippen molar-refractivity contribution >= 4 is 11.3 Å². The van der Waals surface area contributed by atoms with Crippen molar-refractivity contribution in [2.75, 3.05) is 14.2 Å². The molecule has 0 aliphatic carbocycles. The third kappa shape index (κ3) is 4.09. The Morgan fingerprint density at radius 2 is 1.75 bits per heavy atom. The number of benzene rings is 1. The molecule has 20 heavy (non-hydrogen) atoms. The monoisotopic (exact) mass is 289 g/mol. The van der Waals surface area contributed by atoms with E-state index >= 15 is 0 Å². The zero-order valence-corrected chi connectivity index (χ0v) is 13.3. The Bertz CT molecular complexity index is 518. The fourth-order valence-corrected chi connectivity index (χ4v) is 3.33. The molecule has 1 heterocycles. The van der Waals surface area contributed by atoms with E-state index in [4.69, 9.17) is 4.74 Å². The third-order valence-electron chi connectivity index (χ3n) is 3.56. The molecule has 0 saturated heterocycles. The van der Waals surface area contributed by atoms with Crippen molar-refractivity contribution in [2.24, 2.45) is 0 Å². The van der Waals surface area contributed by atoms with E-state index in [1.807, 2.05) is 30.5 Å². The number of aryl methyl sites for hydroxylation is 1. The van der Waals surface area contributed by atoms with Crippen LogP contribution in [0.4, 0.5) is 0 Å². The van der Waals surface area contributed by atoms with E-state index in [2.05, 4.69) is 36.5 Å². The minimum absolute atomic E-state index is 0.478. The zero-order valence-electron chi connectivity index (χ0n) is 12.5. The average Bonchev–Trinajstić information content (AvgIpc) is 2.95. The van der Waals surface area contributed by atoms with Gasteiger partial charge in [0.1, 0.15) is 5.75 Å². The van der Waals surface area contributed by atoms with Gasteiger partial charge in [0.2, 0.25) is 0 Å². The van der Waals surface area contributed by atoms with Gasteiger partial charge in [0, 0.05) is 15.8 Å². The van der Waals surface area contributed by atoms with E-state index in [1.54, 1.807) is 7.11 Å². The van der Waals surface area contributed by atoms with E-state index in [0.717, 1.165) is 25.0 Å². The topological polar surface area (TPSA) is 21.3 Å². The molecule has 0 bridgehead atoms. The Balaban J connectivity index is 1.97. The van der Waals surface area contributed by atoms with Crippen LogP contribution < -0.4 is 10.1 Å². The number of hydrogen-bond acceptors (Lipinski definition) is 3. The summed E-state index contributed by atoms with van der Waals surface area (Å²) in [4.78, 5) is 2.94. The van der Waals surface area contributed by atoms with Gasteiger partial charge >= 0.3 is 0 Å². The van der Waals surface area contributed by atoms with Gasteiger partial charge < -0.3 is 10.1 Å². The number of methoxy groups -OCH3 is 1. The Kier molecular flexibility index (Phi) is 5.62. The first-order valence-electron chi connectivity index (χ1n) is 7.13. The molecule has 1 unspecified atom stereocenters. The smallest absolute Gasteiger partial charge is 0.118 e. The molecule has 2 nitrogen and oxygen atoms in total. The van der Waals surface area contributed by atoms with Gasteiger partial charge in [-0.1, -0.05) is 19.1 Å². The van der Waals surface area contributed by atoms with E-state index in [1.165, 1.54) is 15.3 Å². The molecular formula is C17H23NOS. The van der Waals surface area contributed by atoms with Gasteiger partial charge in [0.05, 0.1) is 7.11 Å². The molecule has 0 amide bonds. The summed E-state index contributed by atoms with van der Waals surface area (Å²) in [6, 6.07) is 13.4. The minimum Gasteiger partial charge on any atom is -0.497 e. The van der Waals surface area contributed by atoms with Crippen molar-refractivity contribution < 1.29 is 4.74 Å². The molecule has 0 aliphatic rings. The summed E-state index contributed by atoms with van der Waals surface area (Å²) in [6.07, 6.45) is 3.26. The van der Waals surface area contributed by atoms with Gasteiger partial charge in [-0.2, -0.15) is 0 Å². The molecule has 0 radical (unpaired) electrons. The third-order valence-corrected chi connectivity index (χ3v) is 4.81. The predicted octanol–water partition coefficient (Wildman–Crippen LogP) is 3.69. The van der Waals surface area contributed by atoms with Crippen molar-refractivity contribution in [3.05, 3.63) is 51.7 Å². The Labute approximate surface area is 125 Å². The lowest BCUT2D eigenvalue weighted by molar-refractivity contribution is 0.414. The fraction of sp³-hybridized carbons (Fsp3) is 0.412. The Morgan fingerprint density at radius 1 is 1.05 bits per heavy atom. The molecule has 0 aliphatic heterocycles. The van der Waals surface area contributed by atoms with Crippen LogP contribution in [0.25, 0.3) is 0 Å². The maximum atomic E-state index is 5.20. The number of nitrogens with one attached hydrogen (secondary N) is 1. The number of ether oxygens (including phenoxy) is 1. The summed E-state index contributed by atoms with van der Waals surface area (Å²) in [6.45, 7) is 2.21. The van der Waals surface area contributed by atoms with Crippen molar-refractivity contribution in [2.45, 2.75) is 32.2 Å². The van der Waals surface area contributed by atoms with Crippen molar-refractivity contribution in [3.63, 3.8) is 0 Å². The number of hydrogen-bond donors (Lipinski definition) is 1. The van der Waals surface area contributed by atoms with Gasteiger partial charge in [0.25, 0.3) is 0 Å². The summed E-state index contributed by atoms with van der Waals surface area (Å²) < 4.78 is 5.20. The standard InChI is InChI=1S/C17H23NOS/c1-4-16-9-10-17(20-16)12-14(18-2)11-13-5-7-15(19-3)8-6-13/h5-10,14,18H,4,11-12H2,1-3H3. The van der Waals surface area contributed by atoms with E-state index in [-0.39, 0.29) is 0 Å². The van der Waals surface area contributed by atoms with Crippen molar-refractivity contribution in [1.82, 2.24) is 5.32 Å². The van der Waals surface area contributed by atoms with Crippen LogP contribution in [-0.2, 0) is 19.3 Å². The molecular weight excluding hydrogens is 266 g/mol. The summed E-state index contributed by atoms with van der Waals surface area (Å²) >= 11 is 1.93. The van der Waals surface area contributed by atoms with Crippen LogP contribution in [-0.4, -0.2) is 20.2 Å². The van der Waals surface area contributed by atoms with Gasteiger partial charge in [-0.05, 0) is 56.1 Å². The van der Waals surface area contributed by atoms with Gasteiger partial charge in [-0.15, -0.1) is 11.3 Å². The Morgan fingerprint density at radius 3 is 2.30 bits per heavy atom.